The molecule has 1 amide bonds. The number of nitrogens with zero attached hydrogens (tertiary/aromatic N) is 1. The number of carbonyl (C=O) groups excluding carboxylic acids is 3. The number of benzene rings is 5. The fourth-order valence-electron chi connectivity index (χ4n) is 4.86. The Kier molecular flexibility index (Phi) is 61.7. The second-order valence-electron chi connectivity index (χ2n) is 17.5. The van der Waals surface area contributed by atoms with Gasteiger partial charge in [0, 0.05) is 51.2 Å². The van der Waals surface area contributed by atoms with Gasteiger partial charge in [0.2, 0.25) is 20.0 Å². The Morgan fingerprint density at radius 1 is 0.735 bits per heavy atom. The smallest absolute Gasteiger partial charge is 1.00 e. The standard InChI is InChI=1S/C17H18ClNO4S.C10H13BrO.C9H11ClN2O4S.C6H5BrO.C4H9Br.C4H8O.C4H9.CH2O3.CH4.2K.Li.H/c1-11(2)10-23-14-6-3-12(4-7-14)17(20)13-5-8-15(18)16(9-13)24(19,21)22;1-8(2)7-12-10-5-3-9(11)4-6-10;1-12(16-2)9(13)6-3-4-7(10)8(5-6)17(11,14)15;7-5-1-3-6(8)4-2-5;1-4(2)3-5;1-2-4-5-3-1;1-3-4-2;2-1-4-3;;;;;/h3-9,11H,10H2,1-2H3,(H2,19,21,22);3-6,8H,7H2,1-2H3;3-5H,1-2H3,(H2,11,14,15);1-4,8H;4H,3H2,1-2H3;1-4H2;1,3-4H2,2H3;1,3H;1H4;;;;/q;;;;;;-1;;;3*+1;-1/p-1. The van der Waals surface area contributed by atoms with Gasteiger partial charge in [-0.2, -0.15) is 6.42 Å². The summed E-state index contributed by atoms with van der Waals surface area (Å²) in [6.07, 6.45) is 4.83. The van der Waals surface area contributed by atoms with Crippen LogP contribution in [-0.2, 0) is 39.3 Å². The van der Waals surface area contributed by atoms with Crippen molar-refractivity contribution in [2.45, 2.75) is 91.4 Å². The average molecular weight is 1480 g/mol. The number of nitrogens with two attached hydrogens (primary N) is 2. The summed E-state index contributed by atoms with van der Waals surface area (Å²) in [4.78, 5) is 39.6. The molecule has 0 unspecified atom stereocenters. The van der Waals surface area contributed by atoms with Gasteiger partial charge in [0.1, 0.15) is 27.0 Å². The molecule has 6 rings (SSSR count). The van der Waals surface area contributed by atoms with Crippen LogP contribution in [0.2, 0.25) is 10.0 Å². The zero-order chi connectivity index (χ0) is 60.7. The minimum Gasteiger partial charge on any atom is -1.00 e. The maximum atomic E-state index is 12.5. The number of sulfonamides is 2. The molecule has 5 N–H and O–H groups in total. The maximum absolute atomic E-state index is 12.5. The molecule has 1 aliphatic rings. The molecule has 1 aliphatic heterocycles. The van der Waals surface area contributed by atoms with Crippen molar-refractivity contribution in [2.75, 3.05) is 45.9 Å². The van der Waals surface area contributed by atoms with Crippen LogP contribution in [0.1, 0.15) is 109 Å². The minimum atomic E-state index is -4.00. The number of alkyl halides is 1. The fourth-order valence-corrected chi connectivity index (χ4v) is 7.53. The molecule has 0 atom stereocenters. The van der Waals surface area contributed by atoms with E-state index in [1.807, 2.05) is 38.1 Å². The van der Waals surface area contributed by atoms with Crippen molar-refractivity contribution in [1.29, 1.82) is 0 Å². The van der Waals surface area contributed by atoms with Gasteiger partial charge in [-0.25, -0.2) is 32.2 Å². The zero-order valence-electron chi connectivity index (χ0n) is 49.8. The predicted octanol–water partition coefficient (Wildman–Crippen LogP) is 4.16. The van der Waals surface area contributed by atoms with Crippen molar-refractivity contribution in [2.24, 2.45) is 28.0 Å². The van der Waals surface area contributed by atoms with Gasteiger partial charge in [-0.15, -0.1) is 0 Å². The van der Waals surface area contributed by atoms with Gasteiger partial charge in [-0.3, -0.25) is 19.2 Å². The van der Waals surface area contributed by atoms with E-state index in [0.29, 0.717) is 35.5 Å². The Labute approximate surface area is 628 Å². The molecule has 83 heavy (non-hydrogen) atoms. The molecule has 0 saturated carbocycles. The largest absolute Gasteiger partial charge is 1.00 e. The molecule has 17 nitrogen and oxygen atoms in total. The number of carbonyl (C=O) groups is 3. The van der Waals surface area contributed by atoms with E-state index in [4.69, 9.17) is 67.7 Å². The topological polar surface area (TPSA) is 264 Å². The normalized spacial score (nSPS) is 10.7. The molecule has 0 radical (unpaired) electrons. The molecule has 1 heterocycles. The third kappa shape index (κ3) is 47.3. The van der Waals surface area contributed by atoms with Gasteiger partial charge in [-0.1, -0.05) is 133 Å². The monoisotopic (exact) mass is 1470 g/mol. The van der Waals surface area contributed by atoms with Gasteiger partial charge in [0.15, 0.2) is 5.78 Å². The zero-order valence-corrected chi connectivity index (χ0v) is 63.0. The molecular formula is C56H79Br3Cl2K2LiN3O14S2. The van der Waals surface area contributed by atoms with Gasteiger partial charge in [0.05, 0.1) is 30.4 Å². The van der Waals surface area contributed by atoms with Crippen LogP contribution in [0, 0.1) is 24.7 Å². The van der Waals surface area contributed by atoms with Crippen molar-refractivity contribution in [3.8, 4) is 17.2 Å². The summed E-state index contributed by atoms with van der Waals surface area (Å²) in [6, 6.07) is 29.1. The van der Waals surface area contributed by atoms with E-state index < -0.39 is 26.0 Å². The van der Waals surface area contributed by atoms with E-state index in [1.54, 1.807) is 48.5 Å². The van der Waals surface area contributed by atoms with Crippen LogP contribution >= 0.6 is 71.0 Å². The Morgan fingerprint density at radius 2 is 1.07 bits per heavy atom. The minimum absolute atomic E-state index is 0. The number of hydrogen-bond donors (Lipinski definition) is 3. The maximum Gasteiger partial charge on any atom is 1.00 e. The molecule has 1 fully saturated rings. The summed E-state index contributed by atoms with van der Waals surface area (Å²) < 4.78 is 63.5. The van der Waals surface area contributed by atoms with Gasteiger partial charge in [0.25, 0.3) is 12.4 Å². The molecule has 0 spiro atoms. The third-order valence-electron chi connectivity index (χ3n) is 9.00. The van der Waals surface area contributed by atoms with E-state index in [9.17, 15) is 26.4 Å². The molecule has 0 aliphatic carbocycles. The van der Waals surface area contributed by atoms with Crippen molar-refractivity contribution >= 4 is 109 Å². The van der Waals surface area contributed by atoms with E-state index in [-0.39, 0.29) is 174 Å². The van der Waals surface area contributed by atoms with Crippen LogP contribution in [0.4, 0.5) is 0 Å². The summed E-state index contributed by atoms with van der Waals surface area (Å²) in [5.41, 5.74) is 0.719. The SMILES string of the molecule is C.C1CCOC1.CC(C)CBr.CC(C)COc1ccc(Br)cc1.CC(C)COc1ccc(C(=O)c2ccc(Cl)c(S(N)(=O)=O)c2)cc1.CON(C)C(=O)c1ccc(Cl)c(S(N)(=O)=O)c1.O=CO[O-].Oc1ccc(Br)cc1.[CH2-]CCC.[H-].[K+].[K+].[Li+]. The number of primary sulfonamides is 2. The van der Waals surface area contributed by atoms with E-state index in [2.05, 4.69) is 94.2 Å². The molecule has 5 aromatic rings. The van der Waals surface area contributed by atoms with Crippen LogP contribution < -0.4 is 147 Å². The molecule has 0 aromatic heterocycles. The van der Waals surface area contributed by atoms with Crippen LogP contribution in [0.3, 0.4) is 0 Å². The Bertz CT molecular complexity index is 2700. The number of phenolic OH excluding ortho intramolecular Hbond substituents is 1. The Balaban J connectivity index is -0.000000174. The summed E-state index contributed by atoms with van der Waals surface area (Å²) in [5.74, 6) is 2.85. The van der Waals surface area contributed by atoms with Crippen molar-refractivity contribution in [1.82, 2.24) is 5.06 Å². The quantitative estimate of drug-likeness (QED) is 0.0253. The number of aromatic hydroxyl groups is 1. The Morgan fingerprint density at radius 3 is 1.36 bits per heavy atom. The van der Waals surface area contributed by atoms with Crippen molar-refractivity contribution in [3.63, 3.8) is 0 Å². The molecular weight excluding hydrogens is 1400 g/mol. The summed E-state index contributed by atoms with van der Waals surface area (Å²) in [5, 5.41) is 29.2. The summed E-state index contributed by atoms with van der Waals surface area (Å²) >= 11 is 21.4. The molecule has 1 saturated heterocycles. The first-order valence-electron chi connectivity index (χ1n) is 24.3. The number of unbranched alkanes of at least 4 members (excludes halogenated alkanes) is 1. The van der Waals surface area contributed by atoms with Crippen LogP contribution in [-0.4, -0.2) is 91.1 Å². The average Bonchev–Trinajstić information content (AvgIpc) is 4.02. The Hall–Kier alpha value is -0.300. The number of halogens is 5. The summed E-state index contributed by atoms with van der Waals surface area (Å²) in [6.45, 7) is 21.6. The van der Waals surface area contributed by atoms with Crippen LogP contribution in [0.25, 0.3) is 0 Å². The number of ketones is 1. The van der Waals surface area contributed by atoms with Gasteiger partial charge >= 0.3 is 122 Å². The van der Waals surface area contributed by atoms with Crippen molar-refractivity contribution < 1.29 is 189 Å². The van der Waals surface area contributed by atoms with E-state index >= 15 is 0 Å². The van der Waals surface area contributed by atoms with Crippen LogP contribution in [0.5, 0.6) is 17.2 Å². The number of hydroxylamine groups is 2. The number of ether oxygens (including phenoxy) is 3. The molecule has 452 valence electrons. The molecule has 0 bridgehead atoms. The van der Waals surface area contributed by atoms with E-state index in [1.165, 1.54) is 63.8 Å². The van der Waals surface area contributed by atoms with E-state index in [0.717, 1.165) is 63.3 Å². The molecule has 5 aromatic carbocycles. The number of hydrogen-bond acceptors (Lipinski definition) is 14. The van der Waals surface area contributed by atoms with Crippen LogP contribution in [0.15, 0.2) is 128 Å². The first-order valence-corrected chi connectivity index (χ1v) is 30.8. The van der Waals surface area contributed by atoms with Gasteiger partial charge < -0.3 is 37.8 Å². The first-order chi connectivity index (χ1) is 37.0. The third-order valence-corrected chi connectivity index (χ3v) is 14.1. The predicted molar refractivity (Wildman–Crippen MR) is 329 cm³/mol. The number of amides is 1. The first kappa shape index (κ1) is 93.8. The summed E-state index contributed by atoms with van der Waals surface area (Å²) in [7, 11) is -5.25. The second-order valence-corrected chi connectivity index (χ2v) is 23.8. The number of phenols is 1. The van der Waals surface area contributed by atoms with Crippen molar-refractivity contribution in [3.05, 3.63) is 152 Å². The second kappa shape index (κ2) is 54.6. The van der Waals surface area contributed by atoms with Gasteiger partial charge in [-0.05, 0) is 140 Å². The fraction of sp³-hybridized carbons (Fsp3) is 0.393. The number of rotatable bonds is 15. The molecule has 27 heteroatoms.